The van der Waals surface area contributed by atoms with Crippen LogP contribution >= 0.6 is 0 Å². The summed E-state index contributed by atoms with van der Waals surface area (Å²) in [6.07, 6.45) is 5.22. The van der Waals surface area contributed by atoms with Crippen molar-refractivity contribution in [2.75, 3.05) is 19.0 Å². The third-order valence-electron chi connectivity index (χ3n) is 3.78. The molecule has 0 spiro atoms. The first-order chi connectivity index (χ1) is 8.61. The fourth-order valence-electron chi connectivity index (χ4n) is 2.59. The maximum atomic E-state index is 13.6. The third kappa shape index (κ3) is 2.77. The summed E-state index contributed by atoms with van der Waals surface area (Å²) in [6, 6.07) is 1.72. The van der Waals surface area contributed by atoms with Crippen molar-refractivity contribution in [2.45, 2.75) is 37.8 Å². The maximum Gasteiger partial charge on any atom is 0.168 e. The topological polar surface area (TPSA) is 28.2 Å². The Morgan fingerprint density at radius 2 is 1.94 bits per heavy atom. The summed E-state index contributed by atoms with van der Waals surface area (Å²) >= 11 is 0. The zero-order valence-corrected chi connectivity index (χ0v) is 10.8. The van der Waals surface area contributed by atoms with E-state index in [0.29, 0.717) is 6.04 Å². The minimum Gasteiger partial charge on any atom is -0.354 e. The Balaban J connectivity index is 2.05. The van der Waals surface area contributed by atoms with E-state index in [1.807, 2.05) is 19.0 Å². The SMILES string of the molecule is CNC1CCC(N(C)c2ncc(F)cc2F)CC1. The second-order valence-corrected chi connectivity index (χ2v) is 4.86. The first-order valence-corrected chi connectivity index (χ1v) is 6.33. The Kier molecular flexibility index (Phi) is 4.11. The van der Waals surface area contributed by atoms with Gasteiger partial charge in [-0.05, 0) is 32.7 Å². The Labute approximate surface area is 106 Å². The van der Waals surface area contributed by atoms with Crippen molar-refractivity contribution >= 4 is 5.82 Å². The standard InChI is InChI=1S/C13H19F2N3/c1-16-10-3-5-11(6-4-10)18(2)13-12(15)7-9(14)8-17-13/h7-8,10-11,16H,3-6H2,1-2H3. The van der Waals surface area contributed by atoms with Gasteiger partial charge >= 0.3 is 0 Å². The van der Waals surface area contributed by atoms with Crippen molar-refractivity contribution in [1.29, 1.82) is 0 Å². The zero-order valence-electron chi connectivity index (χ0n) is 10.8. The van der Waals surface area contributed by atoms with Gasteiger partial charge in [-0.15, -0.1) is 0 Å². The van der Waals surface area contributed by atoms with Crippen LogP contribution in [0.4, 0.5) is 14.6 Å². The van der Waals surface area contributed by atoms with E-state index in [2.05, 4.69) is 10.3 Å². The van der Waals surface area contributed by atoms with E-state index < -0.39 is 11.6 Å². The molecule has 1 fully saturated rings. The summed E-state index contributed by atoms with van der Waals surface area (Å²) in [5, 5.41) is 3.26. The second-order valence-electron chi connectivity index (χ2n) is 4.86. The van der Waals surface area contributed by atoms with E-state index in [-0.39, 0.29) is 11.9 Å². The molecule has 0 amide bonds. The lowest BCUT2D eigenvalue weighted by Crippen LogP contribution is -2.40. The normalized spacial score (nSPS) is 24.0. The smallest absolute Gasteiger partial charge is 0.168 e. The van der Waals surface area contributed by atoms with Gasteiger partial charge in [0.2, 0.25) is 0 Å². The monoisotopic (exact) mass is 255 g/mol. The third-order valence-corrected chi connectivity index (χ3v) is 3.78. The highest BCUT2D eigenvalue weighted by molar-refractivity contribution is 5.40. The first kappa shape index (κ1) is 13.2. The van der Waals surface area contributed by atoms with Crippen molar-refractivity contribution in [3.05, 3.63) is 23.9 Å². The van der Waals surface area contributed by atoms with E-state index in [4.69, 9.17) is 0 Å². The van der Waals surface area contributed by atoms with E-state index >= 15 is 0 Å². The molecule has 100 valence electrons. The predicted octanol–water partition coefficient (Wildman–Crippen LogP) is 2.33. The van der Waals surface area contributed by atoms with Gasteiger partial charge < -0.3 is 10.2 Å². The molecule has 18 heavy (non-hydrogen) atoms. The molecule has 0 unspecified atom stereocenters. The van der Waals surface area contributed by atoms with Gasteiger partial charge in [-0.3, -0.25) is 0 Å². The molecule has 5 heteroatoms. The molecule has 0 saturated heterocycles. The first-order valence-electron chi connectivity index (χ1n) is 6.33. The molecule has 1 aromatic heterocycles. The van der Waals surface area contributed by atoms with Gasteiger partial charge in [-0.25, -0.2) is 13.8 Å². The molecule has 1 aromatic rings. The molecule has 1 heterocycles. The van der Waals surface area contributed by atoms with Crippen LogP contribution in [0.25, 0.3) is 0 Å². The fourth-order valence-corrected chi connectivity index (χ4v) is 2.59. The molecular formula is C13H19F2N3. The Morgan fingerprint density at radius 1 is 1.28 bits per heavy atom. The van der Waals surface area contributed by atoms with Gasteiger partial charge in [0.15, 0.2) is 11.6 Å². The number of nitrogens with zero attached hydrogens (tertiary/aromatic N) is 2. The number of hydrogen-bond donors (Lipinski definition) is 1. The summed E-state index contributed by atoms with van der Waals surface area (Å²) < 4.78 is 26.5. The molecule has 0 atom stereocenters. The highest BCUT2D eigenvalue weighted by Crippen LogP contribution is 2.26. The van der Waals surface area contributed by atoms with Gasteiger partial charge in [0.25, 0.3) is 0 Å². The summed E-state index contributed by atoms with van der Waals surface area (Å²) in [7, 11) is 3.80. The molecule has 0 aromatic carbocycles. The van der Waals surface area contributed by atoms with E-state index in [1.54, 1.807) is 0 Å². The fraction of sp³-hybridized carbons (Fsp3) is 0.615. The molecule has 1 N–H and O–H groups in total. The molecule has 1 aliphatic carbocycles. The number of pyridine rings is 1. The van der Waals surface area contributed by atoms with Crippen LogP contribution in [-0.4, -0.2) is 31.2 Å². The number of rotatable bonds is 3. The average molecular weight is 255 g/mol. The minimum atomic E-state index is -0.636. The zero-order chi connectivity index (χ0) is 13.1. The van der Waals surface area contributed by atoms with E-state index in [9.17, 15) is 8.78 Å². The number of anilines is 1. The van der Waals surface area contributed by atoms with E-state index in [1.165, 1.54) is 0 Å². The highest BCUT2D eigenvalue weighted by Gasteiger charge is 2.25. The molecule has 0 bridgehead atoms. The quantitative estimate of drug-likeness (QED) is 0.898. The van der Waals surface area contributed by atoms with Gasteiger partial charge in [-0.2, -0.15) is 0 Å². The molecule has 1 saturated carbocycles. The number of hydrogen-bond acceptors (Lipinski definition) is 3. The van der Waals surface area contributed by atoms with E-state index in [0.717, 1.165) is 37.9 Å². The predicted molar refractivity (Wildman–Crippen MR) is 67.7 cm³/mol. The van der Waals surface area contributed by atoms with Crippen molar-refractivity contribution < 1.29 is 8.78 Å². The summed E-state index contributed by atoms with van der Waals surface area (Å²) in [4.78, 5) is 5.69. The summed E-state index contributed by atoms with van der Waals surface area (Å²) in [5.41, 5.74) is 0. The van der Waals surface area contributed by atoms with Crippen LogP contribution in [0.15, 0.2) is 12.3 Å². The van der Waals surface area contributed by atoms with Crippen LogP contribution in [0.5, 0.6) is 0 Å². The van der Waals surface area contributed by atoms with Crippen LogP contribution in [0.2, 0.25) is 0 Å². The van der Waals surface area contributed by atoms with Crippen LogP contribution < -0.4 is 10.2 Å². The van der Waals surface area contributed by atoms with Crippen molar-refractivity contribution in [3.8, 4) is 0 Å². The molecule has 2 rings (SSSR count). The summed E-state index contributed by atoms with van der Waals surface area (Å²) in [6.45, 7) is 0. The number of aromatic nitrogens is 1. The highest BCUT2D eigenvalue weighted by atomic mass is 19.1. The second kappa shape index (κ2) is 5.61. The average Bonchev–Trinajstić information content (AvgIpc) is 2.38. The van der Waals surface area contributed by atoms with Crippen LogP contribution in [0.3, 0.4) is 0 Å². The lowest BCUT2D eigenvalue weighted by molar-refractivity contribution is 0.349. The molecule has 0 radical (unpaired) electrons. The molecule has 1 aliphatic rings. The number of nitrogens with one attached hydrogen (secondary N) is 1. The van der Waals surface area contributed by atoms with Crippen molar-refractivity contribution in [2.24, 2.45) is 0 Å². The van der Waals surface area contributed by atoms with Gasteiger partial charge in [-0.1, -0.05) is 0 Å². The molecule has 0 aliphatic heterocycles. The lowest BCUT2D eigenvalue weighted by atomic mass is 9.90. The lowest BCUT2D eigenvalue weighted by Gasteiger charge is -2.35. The minimum absolute atomic E-state index is 0.240. The Bertz CT molecular complexity index is 403. The largest absolute Gasteiger partial charge is 0.354 e. The molecule has 3 nitrogen and oxygen atoms in total. The summed E-state index contributed by atoms with van der Waals surface area (Å²) in [5.74, 6) is -0.985. The Morgan fingerprint density at radius 3 is 2.50 bits per heavy atom. The van der Waals surface area contributed by atoms with Crippen LogP contribution in [-0.2, 0) is 0 Å². The van der Waals surface area contributed by atoms with Gasteiger partial charge in [0.05, 0.1) is 6.20 Å². The van der Waals surface area contributed by atoms with Crippen LogP contribution in [0, 0.1) is 11.6 Å². The van der Waals surface area contributed by atoms with Crippen LogP contribution in [0.1, 0.15) is 25.7 Å². The maximum absolute atomic E-state index is 13.6. The van der Waals surface area contributed by atoms with Crippen molar-refractivity contribution in [3.63, 3.8) is 0 Å². The van der Waals surface area contributed by atoms with Crippen molar-refractivity contribution in [1.82, 2.24) is 10.3 Å². The van der Waals surface area contributed by atoms with Gasteiger partial charge in [0, 0.05) is 25.2 Å². The number of halogens is 2. The molecular weight excluding hydrogens is 236 g/mol. The Hall–Kier alpha value is -1.23. The van der Waals surface area contributed by atoms with Gasteiger partial charge in [0.1, 0.15) is 5.82 Å².